The van der Waals surface area contributed by atoms with Crippen molar-refractivity contribution in [3.63, 3.8) is 0 Å². The van der Waals surface area contributed by atoms with E-state index in [2.05, 4.69) is 12.2 Å². The molecule has 2 N–H and O–H groups in total. The van der Waals surface area contributed by atoms with Crippen LogP contribution in [0.2, 0.25) is 0 Å². The third kappa shape index (κ3) is 7.25. The Balaban J connectivity index is 2.47. The molecule has 0 unspecified atom stereocenters. The number of aliphatic hydroxyl groups is 1. The largest absolute Gasteiger partial charge is 0.506 e. The lowest BCUT2D eigenvalue weighted by molar-refractivity contribution is -0.178. The first kappa shape index (κ1) is 37.7. The van der Waals surface area contributed by atoms with Crippen LogP contribution in [0.5, 0.6) is 11.5 Å². The minimum atomic E-state index is -1.60. The average Bonchev–Trinajstić information content (AvgIpc) is 2.98. The highest BCUT2D eigenvalue weighted by atomic mass is 16.7. The van der Waals surface area contributed by atoms with E-state index >= 15 is 9.59 Å². The molecular weight excluding hydrogens is 592 g/mol. The number of fused-ring (bicyclic) bond motifs is 2. The maximum Gasteiger partial charge on any atom is 0.188 e. The van der Waals surface area contributed by atoms with E-state index < -0.39 is 33.6 Å². The van der Waals surface area contributed by atoms with Crippen LogP contribution in [0.15, 0.2) is 70.4 Å². The molecule has 4 atom stereocenters. The predicted octanol–water partition coefficient (Wildman–Crippen LogP) is 9.18. The maximum absolute atomic E-state index is 15.3. The van der Waals surface area contributed by atoms with E-state index in [-0.39, 0.29) is 60.4 Å². The van der Waals surface area contributed by atoms with Gasteiger partial charge in [0, 0.05) is 12.7 Å². The second-order valence-corrected chi connectivity index (χ2v) is 14.6. The van der Waals surface area contributed by atoms with Crippen molar-refractivity contribution < 1.29 is 34.1 Å². The van der Waals surface area contributed by atoms with Gasteiger partial charge in [0.05, 0.1) is 5.41 Å². The first-order valence-electron chi connectivity index (χ1n) is 16.5. The molecule has 0 aliphatic heterocycles. The summed E-state index contributed by atoms with van der Waals surface area (Å²) in [6.07, 6.45) is 10.5. The number of Topliss-reactive ketones (excluding diaryl/α,β-unsaturated/α-hetero) is 3. The maximum atomic E-state index is 15.3. The Morgan fingerprint density at radius 2 is 1.47 bits per heavy atom. The molecule has 1 aromatic carbocycles. The Morgan fingerprint density at radius 1 is 0.872 bits per heavy atom. The highest BCUT2D eigenvalue weighted by molar-refractivity contribution is 6.41. The van der Waals surface area contributed by atoms with Gasteiger partial charge < -0.3 is 19.7 Å². The second kappa shape index (κ2) is 15.0. The summed E-state index contributed by atoms with van der Waals surface area (Å²) in [6.45, 7) is 17.8. The van der Waals surface area contributed by atoms with Crippen LogP contribution in [0, 0.1) is 22.2 Å². The average molecular weight is 647 g/mol. The molecule has 7 heteroatoms. The molecule has 0 spiro atoms. The number of aromatic hydroxyl groups is 1. The van der Waals surface area contributed by atoms with E-state index in [1.807, 2.05) is 74.5 Å². The number of rotatable bonds is 13. The molecule has 3 rings (SSSR count). The number of carbonyl (C=O) groups is 3. The van der Waals surface area contributed by atoms with Gasteiger partial charge >= 0.3 is 0 Å². The molecule has 0 amide bonds. The molecule has 0 saturated heterocycles. The molecular formula is C40H54O7. The number of phenolic OH excluding ortho intramolecular Hbond substituents is 1. The van der Waals surface area contributed by atoms with Gasteiger partial charge in [-0.1, -0.05) is 53.5 Å². The molecule has 7 nitrogen and oxygen atoms in total. The fourth-order valence-electron chi connectivity index (χ4n) is 7.36. The summed E-state index contributed by atoms with van der Waals surface area (Å²) < 4.78 is 10.3. The number of ketones is 3. The van der Waals surface area contributed by atoms with Crippen molar-refractivity contribution in [3.8, 4) is 11.5 Å². The quantitative estimate of drug-likeness (QED) is 0.0549. The van der Waals surface area contributed by atoms with Crippen LogP contribution in [-0.2, 0) is 19.1 Å². The monoisotopic (exact) mass is 646 g/mol. The zero-order valence-electron chi connectivity index (χ0n) is 30.0. The van der Waals surface area contributed by atoms with Crippen LogP contribution in [0.3, 0.4) is 0 Å². The second-order valence-electron chi connectivity index (χ2n) is 14.6. The molecule has 2 fully saturated rings. The molecule has 1 aromatic rings. The van der Waals surface area contributed by atoms with Crippen LogP contribution in [-0.4, -0.2) is 41.5 Å². The Hall–Kier alpha value is -3.71. The van der Waals surface area contributed by atoms with E-state index in [1.165, 1.54) is 25.3 Å². The van der Waals surface area contributed by atoms with Crippen LogP contribution < -0.4 is 4.74 Å². The summed E-state index contributed by atoms with van der Waals surface area (Å²) in [5, 5.41) is 22.6. The van der Waals surface area contributed by atoms with Gasteiger partial charge in [0.2, 0.25) is 0 Å². The number of phenols is 1. The van der Waals surface area contributed by atoms with Crippen molar-refractivity contribution in [1.29, 1.82) is 0 Å². The summed E-state index contributed by atoms with van der Waals surface area (Å²) in [6, 6.07) is 4.19. The van der Waals surface area contributed by atoms with Gasteiger partial charge in [-0.15, -0.1) is 0 Å². The van der Waals surface area contributed by atoms with E-state index in [9.17, 15) is 15.0 Å². The van der Waals surface area contributed by atoms with Gasteiger partial charge in [-0.3, -0.25) is 14.4 Å². The van der Waals surface area contributed by atoms with E-state index in [1.54, 1.807) is 0 Å². The molecule has 0 radical (unpaired) electrons. The molecule has 2 bridgehead atoms. The third-order valence-electron chi connectivity index (χ3n) is 10.1. The minimum absolute atomic E-state index is 0.0819. The summed E-state index contributed by atoms with van der Waals surface area (Å²) in [4.78, 5) is 45.4. The molecule has 0 heterocycles. The SMILES string of the molecule is COCOc1ccc(/C(O)=C2/C(=O)[C@]3(CC=C(C)C)C[C@H](CC=C(C)C)[C@@](C)(CCC=C(C)C)[C@](CC=C(C)C)(C2=O)C3=O)cc1O. The first-order valence-corrected chi connectivity index (χ1v) is 16.5. The summed E-state index contributed by atoms with van der Waals surface area (Å²) in [7, 11) is 1.45. The van der Waals surface area contributed by atoms with Gasteiger partial charge in [0.15, 0.2) is 35.6 Å². The van der Waals surface area contributed by atoms with Crippen LogP contribution in [0.4, 0.5) is 0 Å². The number of ether oxygens (including phenoxy) is 2. The first-order chi connectivity index (χ1) is 22.0. The van der Waals surface area contributed by atoms with E-state index in [4.69, 9.17) is 9.47 Å². The molecule has 2 aliphatic rings. The zero-order valence-corrected chi connectivity index (χ0v) is 30.0. The van der Waals surface area contributed by atoms with Gasteiger partial charge in [-0.2, -0.15) is 0 Å². The lowest BCUT2D eigenvalue weighted by atomic mass is 9.37. The summed E-state index contributed by atoms with van der Waals surface area (Å²) in [5.74, 6) is -2.50. The zero-order chi connectivity index (χ0) is 35.3. The summed E-state index contributed by atoms with van der Waals surface area (Å²) in [5.41, 5.74) is -0.0828. The van der Waals surface area contributed by atoms with Crippen molar-refractivity contribution in [1.82, 2.24) is 0 Å². The standard InChI is InChI=1S/C40H54O7/c1-25(2)12-11-19-38(9)30(15-13-26(3)4)23-39(20-17-27(5)6)35(43)33(36(44)40(38,37(39)45)21-18-28(7)8)34(42)29-14-16-32(31(41)22-29)47-24-46-10/h12-14,16-18,22,30,41-42H,11,15,19-21,23-24H2,1-10H3/b34-33+/t30-,38+,39-,40+/m0/s1. The van der Waals surface area contributed by atoms with E-state index in [0.717, 1.165) is 22.3 Å². The molecule has 0 aromatic heterocycles. The number of hydrogen-bond acceptors (Lipinski definition) is 7. The van der Waals surface area contributed by atoms with Crippen molar-refractivity contribution in [3.05, 3.63) is 75.9 Å². The minimum Gasteiger partial charge on any atom is -0.506 e. The van der Waals surface area contributed by atoms with Gasteiger partial charge in [0.25, 0.3) is 0 Å². The fraction of sp³-hybridized carbons (Fsp3) is 0.525. The fourth-order valence-corrected chi connectivity index (χ4v) is 7.36. The van der Waals surface area contributed by atoms with Crippen LogP contribution >= 0.6 is 0 Å². The van der Waals surface area contributed by atoms with Crippen LogP contribution in [0.1, 0.15) is 106 Å². The lowest BCUT2D eigenvalue weighted by Crippen LogP contribution is -2.70. The highest BCUT2D eigenvalue weighted by Gasteiger charge is 2.74. The predicted molar refractivity (Wildman–Crippen MR) is 187 cm³/mol. The van der Waals surface area contributed by atoms with Crippen LogP contribution in [0.25, 0.3) is 5.76 Å². The Labute approximate surface area is 281 Å². The number of methoxy groups -OCH3 is 1. The normalized spacial score (nSPS) is 26.3. The smallest absolute Gasteiger partial charge is 0.188 e. The van der Waals surface area contributed by atoms with Gasteiger partial charge in [-0.25, -0.2) is 0 Å². The van der Waals surface area contributed by atoms with Gasteiger partial charge in [-0.05, 0) is 123 Å². The Morgan fingerprint density at radius 3 is 2.02 bits per heavy atom. The van der Waals surface area contributed by atoms with Crippen molar-refractivity contribution >= 4 is 23.1 Å². The number of hydrogen-bond donors (Lipinski definition) is 2. The number of benzene rings is 1. The van der Waals surface area contributed by atoms with Gasteiger partial charge in [0.1, 0.15) is 16.7 Å². The molecule has 47 heavy (non-hydrogen) atoms. The number of allylic oxidation sites excluding steroid dienone is 9. The summed E-state index contributed by atoms with van der Waals surface area (Å²) >= 11 is 0. The van der Waals surface area contributed by atoms with E-state index in [0.29, 0.717) is 19.3 Å². The number of carbonyl (C=O) groups excluding carboxylic acids is 3. The van der Waals surface area contributed by atoms with Crippen molar-refractivity contribution in [2.24, 2.45) is 22.2 Å². The molecule has 2 aliphatic carbocycles. The Bertz CT molecular complexity index is 1540. The van der Waals surface area contributed by atoms with Crippen molar-refractivity contribution in [2.75, 3.05) is 13.9 Å². The molecule has 2 saturated carbocycles. The highest BCUT2D eigenvalue weighted by Crippen LogP contribution is 2.67. The lowest BCUT2D eigenvalue weighted by Gasteiger charge is -2.61. The molecule has 256 valence electrons. The Kier molecular flexibility index (Phi) is 12.1. The third-order valence-corrected chi connectivity index (χ3v) is 10.1. The number of aliphatic hydroxyl groups excluding tert-OH is 1. The topological polar surface area (TPSA) is 110 Å². The van der Waals surface area contributed by atoms with Crippen molar-refractivity contribution in [2.45, 2.75) is 101 Å².